The van der Waals surface area contributed by atoms with Crippen LogP contribution in [-0.2, 0) is 4.79 Å². The highest BCUT2D eigenvalue weighted by atomic mass is 16.1. The summed E-state index contributed by atoms with van der Waals surface area (Å²) in [6, 6.07) is 0. The van der Waals surface area contributed by atoms with Crippen LogP contribution >= 0.6 is 0 Å². The van der Waals surface area contributed by atoms with E-state index in [1.165, 1.54) is 335 Å². The molecule has 1 saturated heterocycles. The lowest BCUT2D eigenvalue weighted by molar-refractivity contribution is -0.0980. The molecule has 408 valence electrons. The average molecular weight is 952 g/mol. The summed E-state index contributed by atoms with van der Waals surface area (Å²) in [5.74, 6) is 0.953. The number of hydrogen-bond acceptors (Lipinski definition) is 5. The monoisotopic (exact) mass is 951 g/mol. The Bertz CT molecular complexity index is 813. The maximum absolute atomic E-state index is 8.00. The minimum atomic E-state index is 0. The van der Waals surface area contributed by atoms with Gasteiger partial charge < -0.3 is 19.5 Å². The van der Waals surface area contributed by atoms with Crippen LogP contribution in [0.3, 0.4) is 0 Å². The minimum absolute atomic E-state index is 0. The quantitative estimate of drug-likeness (QED) is 0.0567. The number of unbranched alkanes of at least 4 members (excludes halogenated alkanes) is 31. The zero-order valence-electron chi connectivity index (χ0n) is 45.3. The lowest BCUT2D eigenvalue weighted by atomic mass is 9.91. The fourth-order valence-electron chi connectivity index (χ4n) is 10.3. The van der Waals surface area contributed by atoms with Gasteiger partial charge in [-0.25, -0.2) is 0 Å². The zero-order valence-corrected chi connectivity index (χ0v) is 45.3. The maximum Gasteiger partial charge on any atom is 0.106 e. The second kappa shape index (κ2) is 61.6. The van der Waals surface area contributed by atoms with Crippen LogP contribution in [0.25, 0.3) is 0 Å². The molecule has 0 atom stereocenters. The summed E-state index contributed by atoms with van der Waals surface area (Å²) in [4.78, 5) is 19.4. The van der Waals surface area contributed by atoms with E-state index in [0.29, 0.717) is 0 Å². The Balaban J connectivity index is -0.00000391. The number of piperazine rings is 1. The van der Waals surface area contributed by atoms with Gasteiger partial charge in [0.15, 0.2) is 0 Å². The molecule has 0 N–H and O–H groups in total. The summed E-state index contributed by atoms with van der Waals surface area (Å²) >= 11 is 0. The number of rotatable bonds is 51. The summed E-state index contributed by atoms with van der Waals surface area (Å²) in [5, 5.41) is 0. The van der Waals surface area contributed by atoms with Crippen LogP contribution in [0.1, 0.15) is 314 Å². The van der Waals surface area contributed by atoms with Crippen molar-refractivity contribution in [3.8, 4) is 0 Å². The van der Waals surface area contributed by atoms with Crippen molar-refractivity contribution in [1.82, 2.24) is 19.6 Å². The molecule has 0 spiro atoms. The Morgan fingerprint density at radius 2 is 0.552 bits per heavy atom. The fourth-order valence-corrected chi connectivity index (χ4v) is 10.3. The van der Waals surface area contributed by atoms with Gasteiger partial charge in [-0.05, 0) is 83.7 Å². The van der Waals surface area contributed by atoms with E-state index in [9.17, 15) is 0 Å². The molecular weight excluding hydrogens is 817 g/mol. The van der Waals surface area contributed by atoms with Crippen LogP contribution in [0, 0.1) is 5.92 Å². The third-order valence-electron chi connectivity index (χ3n) is 14.9. The van der Waals surface area contributed by atoms with Crippen molar-refractivity contribution in [2.45, 2.75) is 314 Å². The van der Waals surface area contributed by atoms with Gasteiger partial charge in [-0.2, -0.15) is 0 Å². The maximum atomic E-state index is 8.00. The molecule has 0 amide bonds. The highest BCUT2D eigenvalue weighted by Gasteiger charge is 2.19. The predicted molar refractivity (Wildman–Crippen MR) is 310 cm³/mol. The molecule has 1 aliphatic rings. The molecule has 1 rings (SSSR count). The molecule has 0 aromatic rings. The first-order chi connectivity index (χ1) is 31.7. The summed E-state index contributed by atoms with van der Waals surface area (Å²) in [5.41, 5.74) is 0. The first-order valence-electron chi connectivity index (χ1n) is 29.8. The summed E-state index contributed by atoms with van der Waals surface area (Å²) in [6.07, 6.45) is 57.5. The Labute approximate surface area is 427 Å². The van der Waals surface area contributed by atoms with Crippen LogP contribution in [0.5, 0.6) is 0 Å². The van der Waals surface area contributed by atoms with Crippen molar-refractivity contribution >= 4 is 6.79 Å². The number of nitrogens with zero attached hydrogens (tertiary/aromatic N) is 4. The smallest absolute Gasteiger partial charge is 0.106 e. The van der Waals surface area contributed by atoms with Gasteiger partial charge in [0, 0.05) is 39.3 Å². The molecule has 0 saturated carbocycles. The third-order valence-corrected chi connectivity index (χ3v) is 14.9. The lowest BCUT2D eigenvalue weighted by Crippen LogP contribution is -2.48. The molecule has 0 radical (unpaired) electrons. The van der Waals surface area contributed by atoms with E-state index in [1.54, 1.807) is 0 Å². The molecule has 0 bridgehead atoms. The highest BCUT2D eigenvalue weighted by molar-refractivity contribution is 5.11. The summed E-state index contributed by atoms with van der Waals surface area (Å²) < 4.78 is 0. The van der Waals surface area contributed by atoms with E-state index in [-0.39, 0.29) is 22.3 Å². The zero-order chi connectivity index (χ0) is 46.7. The van der Waals surface area contributed by atoms with E-state index in [2.05, 4.69) is 54.2 Å². The third kappa shape index (κ3) is 51.7. The molecule has 0 aliphatic carbocycles. The van der Waals surface area contributed by atoms with Gasteiger partial charge in [0.2, 0.25) is 0 Å². The van der Waals surface area contributed by atoms with Crippen LogP contribution in [-0.4, -0.2) is 105 Å². The topological polar surface area (TPSA) is 30.0 Å². The molecule has 1 aliphatic heterocycles. The Kier molecular flexibility index (Phi) is 67.2. The van der Waals surface area contributed by atoms with Crippen molar-refractivity contribution < 1.29 is 4.79 Å². The van der Waals surface area contributed by atoms with E-state index in [0.717, 1.165) is 5.92 Å². The van der Waals surface area contributed by atoms with Crippen molar-refractivity contribution in [1.29, 1.82) is 0 Å². The van der Waals surface area contributed by atoms with Gasteiger partial charge in [-0.15, -0.1) is 0 Å². The van der Waals surface area contributed by atoms with Crippen molar-refractivity contribution in [2.75, 3.05) is 78.5 Å². The molecule has 5 heteroatoms. The van der Waals surface area contributed by atoms with Crippen molar-refractivity contribution in [2.24, 2.45) is 5.92 Å². The first kappa shape index (κ1) is 73.0. The summed E-state index contributed by atoms with van der Waals surface area (Å²) in [6.45, 7) is 29.5. The van der Waals surface area contributed by atoms with Gasteiger partial charge in [-0.1, -0.05) is 275 Å². The molecule has 0 aromatic heterocycles. The van der Waals surface area contributed by atoms with Crippen LogP contribution in [0.2, 0.25) is 0 Å². The molecule has 5 nitrogen and oxygen atoms in total. The standard InChI is InChI=1S/C58H120N4.CH2O.3CH4/c1-6-11-16-21-26-31-36-43-58(44-37-32-27-22-17-12-7-2)45-51-60(48-40-35-30-25-20-15-10-5)52-55-62-56-53-61(54-57-62)50-42-41-49-59(46-38-33-28-23-18-13-8-3)47-39-34-29-24-19-14-9-4;1-2;;;/h58H,6-57H2,1-5H3;1H2;3*1H4. The van der Waals surface area contributed by atoms with E-state index >= 15 is 0 Å². The molecule has 0 unspecified atom stereocenters. The largest absolute Gasteiger partial charge is 0.307 e. The van der Waals surface area contributed by atoms with E-state index < -0.39 is 0 Å². The Morgan fingerprint density at radius 3 is 0.881 bits per heavy atom. The summed E-state index contributed by atoms with van der Waals surface area (Å²) in [7, 11) is 0. The molecule has 1 heterocycles. The van der Waals surface area contributed by atoms with Crippen LogP contribution in [0.15, 0.2) is 0 Å². The fraction of sp³-hybridized carbons (Fsp3) is 0.984. The van der Waals surface area contributed by atoms with Crippen LogP contribution in [0.4, 0.5) is 0 Å². The minimum Gasteiger partial charge on any atom is -0.307 e. The number of hydrogen-bond donors (Lipinski definition) is 0. The van der Waals surface area contributed by atoms with Gasteiger partial charge in [-0.3, -0.25) is 4.90 Å². The second-order valence-corrected chi connectivity index (χ2v) is 20.9. The lowest BCUT2D eigenvalue weighted by Gasteiger charge is -2.36. The molecule has 0 aromatic carbocycles. The average Bonchev–Trinajstić information content (AvgIpc) is 3.32. The first-order valence-corrected chi connectivity index (χ1v) is 29.8. The van der Waals surface area contributed by atoms with Gasteiger partial charge in [0.05, 0.1) is 0 Å². The van der Waals surface area contributed by atoms with E-state index in [4.69, 9.17) is 4.79 Å². The van der Waals surface area contributed by atoms with Crippen molar-refractivity contribution in [3.05, 3.63) is 0 Å². The predicted octanol–water partition coefficient (Wildman–Crippen LogP) is 19.3. The molecular formula is C62H134N4O. The van der Waals surface area contributed by atoms with Gasteiger partial charge in [0.25, 0.3) is 0 Å². The second-order valence-electron chi connectivity index (χ2n) is 20.9. The SMILES string of the molecule is C.C.C.C=O.CCCCCCCCCC(CCCCCCCCC)CCN(CCCCCCCCC)CCN1CCN(CCCCN(CCCCCCCCC)CCCCCCCCC)CC1. The van der Waals surface area contributed by atoms with Crippen LogP contribution < -0.4 is 0 Å². The molecule has 67 heavy (non-hydrogen) atoms. The number of carbonyl (C=O) groups is 1. The molecule has 1 fully saturated rings. The van der Waals surface area contributed by atoms with Gasteiger partial charge >= 0.3 is 0 Å². The normalized spacial score (nSPS) is 13.1. The Morgan fingerprint density at radius 1 is 0.299 bits per heavy atom. The van der Waals surface area contributed by atoms with E-state index in [1.807, 2.05) is 6.79 Å². The van der Waals surface area contributed by atoms with Gasteiger partial charge in [0.1, 0.15) is 6.79 Å². The number of carbonyl (C=O) groups excluding carboxylic acids is 1. The van der Waals surface area contributed by atoms with Crippen molar-refractivity contribution in [3.63, 3.8) is 0 Å². The Hall–Kier alpha value is -0.490. The highest BCUT2D eigenvalue weighted by Crippen LogP contribution is 2.23.